The van der Waals surface area contributed by atoms with E-state index in [2.05, 4.69) is 5.32 Å². The molecule has 1 aromatic carbocycles. The Hall–Kier alpha value is -1.64. The highest BCUT2D eigenvalue weighted by molar-refractivity contribution is 5.94. The number of benzene rings is 1. The number of rotatable bonds is 2. The van der Waals surface area contributed by atoms with Gasteiger partial charge in [0.1, 0.15) is 6.29 Å². The number of hydrogen-bond acceptors (Lipinski definition) is 2. The van der Waals surface area contributed by atoms with Gasteiger partial charge in [-0.2, -0.15) is 0 Å². The van der Waals surface area contributed by atoms with Crippen molar-refractivity contribution in [1.29, 1.82) is 0 Å². The summed E-state index contributed by atoms with van der Waals surface area (Å²) in [4.78, 5) is 21.3. The molecule has 3 nitrogen and oxygen atoms in total. The molecule has 0 atom stereocenters. The van der Waals surface area contributed by atoms with E-state index in [9.17, 15) is 9.59 Å². The molecule has 78 valence electrons. The first-order valence-corrected chi connectivity index (χ1v) is 3.55. The van der Waals surface area contributed by atoms with Crippen molar-refractivity contribution >= 4 is 12.2 Å². The molecule has 1 N–H and O–H groups in total. The van der Waals surface area contributed by atoms with Gasteiger partial charge in [-0.25, -0.2) is 0 Å². The van der Waals surface area contributed by atoms with Gasteiger partial charge in [0.15, 0.2) is 0 Å². The highest BCUT2D eigenvalue weighted by Gasteiger charge is 2.00. The van der Waals surface area contributed by atoms with Gasteiger partial charge < -0.3 is 5.32 Å². The van der Waals surface area contributed by atoms with Crippen LogP contribution in [0, 0.1) is 0 Å². The first-order chi connectivity index (χ1) is 5.77. The molecular formula is C11H17NO2. The molecule has 0 saturated heterocycles. The smallest absolute Gasteiger partial charge is 0.251 e. The van der Waals surface area contributed by atoms with Crippen LogP contribution >= 0.6 is 0 Å². The third-order valence-electron chi connectivity index (χ3n) is 1.54. The molecule has 0 saturated carbocycles. The van der Waals surface area contributed by atoms with Crippen LogP contribution in [0.25, 0.3) is 0 Å². The van der Waals surface area contributed by atoms with Crippen molar-refractivity contribution in [2.75, 3.05) is 7.05 Å². The molecule has 0 heterocycles. The number of carbonyl (C=O) groups is 2. The van der Waals surface area contributed by atoms with E-state index in [1.807, 2.05) is 0 Å². The highest BCUT2D eigenvalue weighted by atomic mass is 16.1. The Labute approximate surface area is 85.1 Å². The third-order valence-corrected chi connectivity index (χ3v) is 1.54. The fraction of sp³-hybridized carbons (Fsp3) is 0.273. The van der Waals surface area contributed by atoms with Crippen LogP contribution in [0.4, 0.5) is 0 Å². The number of aldehydes is 1. The summed E-state index contributed by atoms with van der Waals surface area (Å²) < 4.78 is 0. The van der Waals surface area contributed by atoms with Crippen LogP contribution < -0.4 is 5.32 Å². The van der Waals surface area contributed by atoms with Crippen LogP contribution in [0.2, 0.25) is 0 Å². The van der Waals surface area contributed by atoms with Gasteiger partial charge in [0.05, 0.1) is 0 Å². The van der Waals surface area contributed by atoms with Crippen molar-refractivity contribution in [3.63, 3.8) is 0 Å². The van der Waals surface area contributed by atoms with Gasteiger partial charge in [0, 0.05) is 18.2 Å². The Morgan fingerprint density at radius 3 is 2.07 bits per heavy atom. The van der Waals surface area contributed by atoms with E-state index < -0.39 is 0 Å². The van der Waals surface area contributed by atoms with E-state index in [1.165, 1.54) is 0 Å². The SMILES string of the molecule is C.C.CNC(=O)c1ccc(C=O)cc1. The van der Waals surface area contributed by atoms with E-state index >= 15 is 0 Å². The normalized spacial score (nSPS) is 7.79. The summed E-state index contributed by atoms with van der Waals surface area (Å²) >= 11 is 0. The molecular weight excluding hydrogens is 178 g/mol. The molecule has 0 fully saturated rings. The van der Waals surface area contributed by atoms with Crippen LogP contribution in [0.3, 0.4) is 0 Å². The minimum Gasteiger partial charge on any atom is -0.355 e. The molecule has 14 heavy (non-hydrogen) atoms. The summed E-state index contributed by atoms with van der Waals surface area (Å²) in [6.45, 7) is 0. The summed E-state index contributed by atoms with van der Waals surface area (Å²) in [5, 5.41) is 2.49. The molecule has 0 bridgehead atoms. The van der Waals surface area contributed by atoms with Gasteiger partial charge in [0.25, 0.3) is 5.91 Å². The zero-order valence-corrected chi connectivity index (χ0v) is 6.70. The van der Waals surface area contributed by atoms with Gasteiger partial charge >= 0.3 is 0 Å². The number of nitrogens with one attached hydrogen (secondary N) is 1. The Morgan fingerprint density at radius 1 is 1.21 bits per heavy atom. The molecule has 3 heteroatoms. The van der Waals surface area contributed by atoms with Gasteiger partial charge in [-0.1, -0.05) is 27.0 Å². The van der Waals surface area contributed by atoms with Crippen molar-refractivity contribution < 1.29 is 9.59 Å². The number of hydrogen-bond donors (Lipinski definition) is 1. The average molecular weight is 195 g/mol. The average Bonchev–Trinajstić information content (AvgIpc) is 2.17. The molecule has 1 rings (SSSR count). The molecule has 1 aromatic rings. The van der Waals surface area contributed by atoms with Crippen LogP contribution in [0.1, 0.15) is 35.6 Å². The standard InChI is InChI=1S/C9H9NO2.2CH4/c1-10-9(12)8-4-2-7(6-11)3-5-8;;/h2-6H,1H3,(H,10,12);2*1H4. The lowest BCUT2D eigenvalue weighted by molar-refractivity contribution is 0.0962. The molecule has 0 unspecified atom stereocenters. The predicted octanol–water partition coefficient (Wildman–Crippen LogP) is 2.13. The number of amides is 1. The van der Waals surface area contributed by atoms with E-state index in [0.717, 1.165) is 6.29 Å². The van der Waals surface area contributed by atoms with Crippen molar-refractivity contribution in [1.82, 2.24) is 5.32 Å². The molecule has 0 aliphatic rings. The molecule has 1 amide bonds. The van der Waals surface area contributed by atoms with Gasteiger partial charge in [-0.3, -0.25) is 9.59 Å². The van der Waals surface area contributed by atoms with E-state index in [-0.39, 0.29) is 20.8 Å². The lowest BCUT2D eigenvalue weighted by Gasteiger charge is -1.98. The van der Waals surface area contributed by atoms with Crippen LogP contribution in [-0.2, 0) is 0 Å². The van der Waals surface area contributed by atoms with E-state index in [0.29, 0.717) is 11.1 Å². The second-order valence-corrected chi connectivity index (χ2v) is 2.32. The quantitative estimate of drug-likeness (QED) is 0.735. The van der Waals surface area contributed by atoms with Gasteiger partial charge in [-0.05, 0) is 12.1 Å². The largest absolute Gasteiger partial charge is 0.355 e. The zero-order valence-electron chi connectivity index (χ0n) is 6.70. The summed E-state index contributed by atoms with van der Waals surface area (Å²) in [6.07, 6.45) is 0.744. The molecule has 0 spiro atoms. The summed E-state index contributed by atoms with van der Waals surface area (Å²) in [7, 11) is 1.57. The molecule has 0 radical (unpaired) electrons. The number of carbonyl (C=O) groups excluding carboxylic acids is 2. The van der Waals surface area contributed by atoms with Crippen molar-refractivity contribution in [3.8, 4) is 0 Å². The van der Waals surface area contributed by atoms with Crippen LogP contribution in [0.15, 0.2) is 24.3 Å². The van der Waals surface area contributed by atoms with Crippen LogP contribution in [0.5, 0.6) is 0 Å². The first kappa shape index (κ1) is 14.9. The summed E-state index contributed by atoms with van der Waals surface area (Å²) in [6, 6.07) is 6.44. The maximum atomic E-state index is 11.0. The Balaban J connectivity index is 0. The second-order valence-electron chi connectivity index (χ2n) is 2.32. The zero-order chi connectivity index (χ0) is 8.97. The van der Waals surface area contributed by atoms with Crippen molar-refractivity contribution in [2.24, 2.45) is 0 Å². The monoisotopic (exact) mass is 195 g/mol. The third kappa shape index (κ3) is 3.39. The maximum Gasteiger partial charge on any atom is 0.251 e. The summed E-state index contributed by atoms with van der Waals surface area (Å²) in [5.74, 6) is -0.146. The fourth-order valence-corrected chi connectivity index (χ4v) is 0.857. The Kier molecular flexibility index (Phi) is 7.25. The van der Waals surface area contributed by atoms with Gasteiger partial charge in [0.2, 0.25) is 0 Å². The molecule has 0 aliphatic carbocycles. The first-order valence-electron chi connectivity index (χ1n) is 3.55. The van der Waals surface area contributed by atoms with E-state index in [4.69, 9.17) is 0 Å². The predicted molar refractivity (Wildman–Crippen MR) is 58.7 cm³/mol. The maximum absolute atomic E-state index is 11.0. The highest BCUT2D eigenvalue weighted by Crippen LogP contribution is 2.01. The lowest BCUT2D eigenvalue weighted by atomic mass is 10.1. The lowest BCUT2D eigenvalue weighted by Crippen LogP contribution is -2.17. The molecule has 0 aliphatic heterocycles. The Morgan fingerprint density at radius 2 is 1.71 bits per heavy atom. The second kappa shape index (κ2) is 6.83. The van der Waals surface area contributed by atoms with Crippen molar-refractivity contribution in [3.05, 3.63) is 35.4 Å². The van der Waals surface area contributed by atoms with E-state index in [1.54, 1.807) is 31.3 Å². The minimum atomic E-state index is -0.146. The van der Waals surface area contributed by atoms with Crippen LogP contribution in [-0.4, -0.2) is 19.2 Å². The topological polar surface area (TPSA) is 46.2 Å². The van der Waals surface area contributed by atoms with Crippen molar-refractivity contribution in [2.45, 2.75) is 14.9 Å². The van der Waals surface area contributed by atoms with Gasteiger partial charge in [-0.15, -0.1) is 0 Å². The fourth-order valence-electron chi connectivity index (χ4n) is 0.857. The summed E-state index contributed by atoms with van der Waals surface area (Å²) in [5.41, 5.74) is 1.13. The Bertz CT molecular complexity index is 291. The molecule has 0 aromatic heterocycles. The minimum absolute atomic E-state index is 0.